The van der Waals surface area contributed by atoms with E-state index in [0.717, 1.165) is 39.2 Å². The van der Waals surface area contributed by atoms with E-state index in [4.69, 9.17) is 9.31 Å². The molecular weight excluding hydrogens is 403 g/mol. The summed E-state index contributed by atoms with van der Waals surface area (Å²) in [6.07, 6.45) is 0. The van der Waals surface area contributed by atoms with Gasteiger partial charge in [-0.3, -0.25) is 0 Å². The van der Waals surface area contributed by atoms with Crippen LogP contribution in [0.5, 0.6) is 11.5 Å². The van der Waals surface area contributed by atoms with Gasteiger partial charge in [0.05, 0.1) is 0 Å². The summed E-state index contributed by atoms with van der Waals surface area (Å²) in [5.41, 5.74) is 6.71. The monoisotopic (exact) mass is 430 g/mol. The SMILES string of the molecule is CC(C)(C)c1ccc2c(c1)OB(C(=C(c1ccccc1)c1ccccc1)c1ccccc1)O2. The quantitative estimate of drug-likeness (QED) is 0.247. The highest BCUT2D eigenvalue weighted by molar-refractivity contribution is 6.73. The third-order valence-corrected chi connectivity index (χ3v) is 5.99. The van der Waals surface area contributed by atoms with Gasteiger partial charge in [0.1, 0.15) is 11.5 Å². The van der Waals surface area contributed by atoms with Crippen molar-refractivity contribution in [3.63, 3.8) is 0 Å². The van der Waals surface area contributed by atoms with Crippen molar-refractivity contribution in [1.29, 1.82) is 0 Å². The molecule has 0 saturated carbocycles. The van der Waals surface area contributed by atoms with Gasteiger partial charge < -0.3 is 9.31 Å². The van der Waals surface area contributed by atoms with Crippen molar-refractivity contribution < 1.29 is 9.31 Å². The topological polar surface area (TPSA) is 18.5 Å². The van der Waals surface area contributed by atoms with E-state index in [2.05, 4.69) is 106 Å². The van der Waals surface area contributed by atoms with Crippen molar-refractivity contribution >= 4 is 18.2 Å². The Morgan fingerprint density at radius 2 is 1.06 bits per heavy atom. The Hall–Kier alpha value is -3.72. The average Bonchev–Trinajstić information content (AvgIpc) is 3.26. The van der Waals surface area contributed by atoms with Crippen LogP contribution in [0, 0.1) is 0 Å². The highest BCUT2D eigenvalue weighted by Crippen LogP contribution is 2.42. The molecule has 3 heteroatoms. The number of benzene rings is 4. The lowest BCUT2D eigenvalue weighted by Crippen LogP contribution is -2.28. The van der Waals surface area contributed by atoms with E-state index in [1.807, 2.05) is 24.3 Å². The lowest BCUT2D eigenvalue weighted by atomic mass is 9.69. The molecule has 0 radical (unpaired) electrons. The Morgan fingerprint density at radius 3 is 1.58 bits per heavy atom. The summed E-state index contributed by atoms with van der Waals surface area (Å²) in [6, 6.07) is 37.6. The van der Waals surface area contributed by atoms with Crippen LogP contribution in [0.4, 0.5) is 0 Å². The Kier molecular flexibility index (Phi) is 5.56. The summed E-state index contributed by atoms with van der Waals surface area (Å²) in [5.74, 6) is 1.57. The molecule has 2 nitrogen and oxygen atoms in total. The molecule has 0 aromatic heterocycles. The summed E-state index contributed by atoms with van der Waals surface area (Å²) in [5, 5.41) is 0. The van der Waals surface area contributed by atoms with Crippen molar-refractivity contribution in [1.82, 2.24) is 0 Å². The van der Waals surface area contributed by atoms with Gasteiger partial charge in [-0.25, -0.2) is 0 Å². The van der Waals surface area contributed by atoms with Gasteiger partial charge in [0.2, 0.25) is 0 Å². The first-order chi connectivity index (χ1) is 16.0. The van der Waals surface area contributed by atoms with Gasteiger partial charge in [-0.05, 0) is 45.4 Å². The summed E-state index contributed by atoms with van der Waals surface area (Å²) in [4.78, 5) is 0. The molecule has 0 atom stereocenters. The molecule has 1 aliphatic heterocycles. The maximum absolute atomic E-state index is 6.50. The van der Waals surface area contributed by atoms with Gasteiger partial charge in [-0.15, -0.1) is 0 Å². The fourth-order valence-electron chi connectivity index (χ4n) is 4.24. The maximum Gasteiger partial charge on any atom is 0.634 e. The van der Waals surface area contributed by atoms with E-state index < -0.39 is 7.12 Å². The summed E-state index contributed by atoms with van der Waals surface area (Å²) in [6.45, 7) is 6.63. The van der Waals surface area contributed by atoms with Gasteiger partial charge in [0.25, 0.3) is 0 Å². The minimum Gasteiger partial charge on any atom is -0.519 e. The lowest BCUT2D eigenvalue weighted by Gasteiger charge is -2.19. The molecule has 0 aliphatic carbocycles. The first kappa shape index (κ1) is 21.1. The van der Waals surface area contributed by atoms with Crippen LogP contribution in [0.1, 0.15) is 43.0 Å². The van der Waals surface area contributed by atoms with E-state index in [-0.39, 0.29) is 5.41 Å². The van der Waals surface area contributed by atoms with E-state index in [1.165, 1.54) is 5.56 Å². The molecule has 0 unspecified atom stereocenters. The number of fused-ring (bicyclic) bond motifs is 1. The fraction of sp³-hybridized carbons (Fsp3) is 0.133. The molecular formula is C30H27BO2. The van der Waals surface area contributed by atoms with E-state index in [0.29, 0.717) is 0 Å². The Labute approximate surface area is 196 Å². The van der Waals surface area contributed by atoms with Gasteiger partial charge in [-0.2, -0.15) is 0 Å². The minimum atomic E-state index is -0.548. The van der Waals surface area contributed by atoms with Crippen molar-refractivity contribution in [2.45, 2.75) is 26.2 Å². The van der Waals surface area contributed by atoms with Crippen molar-refractivity contribution in [3.8, 4) is 11.5 Å². The first-order valence-electron chi connectivity index (χ1n) is 11.4. The van der Waals surface area contributed by atoms with Gasteiger partial charge in [0.15, 0.2) is 0 Å². The van der Waals surface area contributed by atoms with E-state index in [9.17, 15) is 0 Å². The number of hydrogen-bond acceptors (Lipinski definition) is 2. The van der Waals surface area contributed by atoms with Gasteiger partial charge in [-0.1, -0.05) is 118 Å². The molecule has 0 bridgehead atoms. The zero-order valence-electron chi connectivity index (χ0n) is 19.3. The first-order valence-corrected chi connectivity index (χ1v) is 11.4. The summed E-state index contributed by atoms with van der Waals surface area (Å²) >= 11 is 0. The Morgan fingerprint density at radius 1 is 0.576 bits per heavy atom. The Balaban J connectivity index is 1.70. The van der Waals surface area contributed by atoms with Gasteiger partial charge in [0, 0.05) is 5.47 Å². The zero-order valence-corrected chi connectivity index (χ0v) is 19.3. The van der Waals surface area contributed by atoms with E-state index in [1.54, 1.807) is 0 Å². The molecule has 162 valence electrons. The predicted octanol–water partition coefficient (Wildman–Crippen LogP) is 7.44. The second-order valence-corrected chi connectivity index (χ2v) is 9.37. The van der Waals surface area contributed by atoms with Crippen LogP contribution in [0.15, 0.2) is 109 Å². The molecule has 4 aromatic carbocycles. The van der Waals surface area contributed by atoms with Crippen LogP contribution in [-0.4, -0.2) is 7.12 Å². The minimum absolute atomic E-state index is 0.0355. The van der Waals surface area contributed by atoms with Crippen LogP contribution in [0.25, 0.3) is 11.0 Å². The maximum atomic E-state index is 6.50. The molecule has 0 spiro atoms. The second-order valence-electron chi connectivity index (χ2n) is 9.37. The van der Waals surface area contributed by atoms with Crippen molar-refractivity contribution in [3.05, 3.63) is 131 Å². The highest BCUT2D eigenvalue weighted by atomic mass is 16.6. The summed E-state index contributed by atoms with van der Waals surface area (Å²) < 4.78 is 12.9. The third kappa shape index (κ3) is 4.32. The smallest absolute Gasteiger partial charge is 0.519 e. The largest absolute Gasteiger partial charge is 0.634 e. The Bertz CT molecular complexity index is 1230. The lowest BCUT2D eigenvalue weighted by molar-refractivity contribution is 0.519. The van der Waals surface area contributed by atoms with Crippen LogP contribution < -0.4 is 9.31 Å². The van der Waals surface area contributed by atoms with Crippen LogP contribution in [0.3, 0.4) is 0 Å². The number of rotatable bonds is 4. The van der Waals surface area contributed by atoms with Crippen molar-refractivity contribution in [2.75, 3.05) is 0 Å². The average molecular weight is 430 g/mol. The molecule has 0 saturated heterocycles. The molecule has 5 rings (SSSR count). The second kappa shape index (κ2) is 8.67. The third-order valence-electron chi connectivity index (χ3n) is 5.99. The normalized spacial score (nSPS) is 12.5. The summed E-state index contributed by atoms with van der Waals surface area (Å²) in [7, 11) is -0.548. The van der Waals surface area contributed by atoms with Crippen LogP contribution in [-0.2, 0) is 5.41 Å². The zero-order chi connectivity index (χ0) is 22.8. The molecule has 0 N–H and O–H groups in total. The van der Waals surface area contributed by atoms with Gasteiger partial charge >= 0.3 is 7.12 Å². The predicted molar refractivity (Wildman–Crippen MR) is 137 cm³/mol. The van der Waals surface area contributed by atoms with Crippen molar-refractivity contribution in [2.24, 2.45) is 0 Å². The molecule has 0 fully saturated rings. The molecule has 4 aromatic rings. The highest BCUT2D eigenvalue weighted by Gasteiger charge is 2.39. The standard InChI is InChI=1S/C30H27BO2/c1-30(2,3)25-19-20-26-27(21-25)33-31(32-26)29(24-17-11-6-12-18-24)28(22-13-7-4-8-14-22)23-15-9-5-10-16-23/h4-21H,1-3H3. The molecule has 33 heavy (non-hydrogen) atoms. The molecule has 1 aliphatic rings. The molecule has 0 amide bonds. The van der Waals surface area contributed by atoms with E-state index >= 15 is 0 Å². The molecule has 1 heterocycles. The van der Waals surface area contributed by atoms with Crippen LogP contribution in [0.2, 0.25) is 0 Å². The number of hydrogen-bond donors (Lipinski definition) is 0. The fourth-order valence-corrected chi connectivity index (χ4v) is 4.24. The van der Waals surface area contributed by atoms with Crippen LogP contribution >= 0.6 is 0 Å².